The number of hydrogen-bond donors (Lipinski definition) is 0. The molecule has 0 radical (unpaired) electrons. The van der Waals surface area contributed by atoms with E-state index >= 15 is 0 Å². The van der Waals surface area contributed by atoms with Crippen molar-refractivity contribution in [3.8, 4) is 0 Å². The summed E-state index contributed by atoms with van der Waals surface area (Å²) >= 11 is 0. The van der Waals surface area contributed by atoms with E-state index in [0.717, 1.165) is 0 Å². The molecule has 0 fully saturated rings. The third kappa shape index (κ3) is 1.27. The normalized spacial score (nSPS) is 17.9. The molecule has 0 unspecified atom stereocenters. The largest absolute Gasteiger partial charge is 0.330 e. The summed E-state index contributed by atoms with van der Waals surface area (Å²) in [6, 6.07) is 3.42. The Hall–Kier alpha value is -1.43. The molecular formula is C8H9N3O2S. The van der Waals surface area contributed by atoms with Gasteiger partial charge in [0.1, 0.15) is 6.34 Å². The maximum Gasteiger partial charge on any atom is 0.303 e. The molecule has 1 aliphatic heterocycles. The van der Waals surface area contributed by atoms with E-state index in [0.29, 0.717) is 12.2 Å². The molecule has 0 atom stereocenters. The van der Waals surface area contributed by atoms with Crippen LogP contribution in [0.3, 0.4) is 0 Å². The van der Waals surface area contributed by atoms with Crippen molar-refractivity contribution in [2.24, 2.45) is 4.40 Å². The Balaban J connectivity index is 2.68. The molecule has 2 rings (SSSR count). The number of hydrogen-bond acceptors (Lipinski definition) is 4. The number of aromatic nitrogens is 1. The highest BCUT2D eigenvalue weighted by atomic mass is 32.2. The predicted octanol–water partition coefficient (Wildman–Crippen LogP) is 0.638. The summed E-state index contributed by atoms with van der Waals surface area (Å²) in [5.74, 6) is 0. The number of anilines is 1. The summed E-state index contributed by atoms with van der Waals surface area (Å²) in [7, 11) is -3.57. The lowest BCUT2D eigenvalue weighted by Gasteiger charge is -2.22. The Labute approximate surface area is 82.2 Å². The maximum atomic E-state index is 11.4. The van der Waals surface area contributed by atoms with Crippen molar-refractivity contribution in [3.05, 3.63) is 18.3 Å². The van der Waals surface area contributed by atoms with E-state index < -0.39 is 10.0 Å². The summed E-state index contributed by atoms with van der Waals surface area (Å²) < 4.78 is 26.4. The highest BCUT2D eigenvalue weighted by Gasteiger charge is 2.25. The second-order valence-corrected chi connectivity index (χ2v) is 4.36. The van der Waals surface area contributed by atoms with Crippen LogP contribution in [0.25, 0.3) is 0 Å². The average molecular weight is 211 g/mol. The third-order valence-corrected chi connectivity index (χ3v) is 3.15. The minimum absolute atomic E-state index is 0.0318. The van der Waals surface area contributed by atoms with E-state index in [1.54, 1.807) is 17.0 Å². The molecule has 1 aliphatic rings. The third-order valence-electron chi connectivity index (χ3n) is 1.97. The highest BCUT2D eigenvalue weighted by Crippen LogP contribution is 2.26. The molecule has 74 valence electrons. The highest BCUT2D eigenvalue weighted by molar-refractivity contribution is 7.90. The Morgan fingerprint density at radius 3 is 3.00 bits per heavy atom. The van der Waals surface area contributed by atoms with Crippen LogP contribution in [0.15, 0.2) is 27.8 Å². The SMILES string of the molecule is CCN1C=NS(=O)(=O)c2ncccc21. The van der Waals surface area contributed by atoms with Crippen molar-refractivity contribution in [2.45, 2.75) is 11.9 Å². The minimum Gasteiger partial charge on any atom is -0.330 e. The van der Waals surface area contributed by atoms with Gasteiger partial charge in [0.25, 0.3) is 0 Å². The molecule has 0 N–H and O–H groups in total. The van der Waals surface area contributed by atoms with E-state index in [2.05, 4.69) is 9.38 Å². The lowest BCUT2D eigenvalue weighted by atomic mass is 10.4. The van der Waals surface area contributed by atoms with Gasteiger partial charge < -0.3 is 4.90 Å². The van der Waals surface area contributed by atoms with Gasteiger partial charge in [-0.15, -0.1) is 4.40 Å². The fraction of sp³-hybridized carbons (Fsp3) is 0.250. The van der Waals surface area contributed by atoms with Gasteiger partial charge in [-0.25, -0.2) is 4.98 Å². The minimum atomic E-state index is -3.57. The molecule has 5 nitrogen and oxygen atoms in total. The molecule has 2 heterocycles. The van der Waals surface area contributed by atoms with Crippen LogP contribution in [-0.4, -0.2) is 26.3 Å². The molecule has 0 aromatic carbocycles. The lowest BCUT2D eigenvalue weighted by Crippen LogP contribution is -2.27. The van der Waals surface area contributed by atoms with Crippen LogP contribution in [0.5, 0.6) is 0 Å². The van der Waals surface area contributed by atoms with E-state index in [1.165, 1.54) is 12.5 Å². The van der Waals surface area contributed by atoms with Gasteiger partial charge in [0, 0.05) is 12.7 Å². The Morgan fingerprint density at radius 1 is 1.50 bits per heavy atom. The number of sulfonamides is 1. The molecule has 0 bridgehead atoms. The van der Waals surface area contributed by atoms with Crippen LogP contribution in [0.1, 0.15) is 6.92 Å². The van der Waals surface area contributed by atoms with Gasteiger partial charge in [0.15, 0.2) is 0 Å². The molecule has 0 saturated heterocycles. The zero-order chi connectivity index (χ0) is 10.2. The first kappa shape index (κ1) is 9.14. The van der Waals surface area contributed by atoms with Crippen molar-refractivity contribution in [3.63, 3.8) is 0 Å². The van der Waals surface area contributed by atoms with Gasteiger partial charge in [0.05, 0.1) is 5.69 Å². The van der Waals surface area contributed by atoms with Crippen molar-refractivity contribution in [1.29, 1.82) is 0 Å². The van der Waals surface area contributed by atoms with Gasteiger partial charge in [-0.2, -0.15) is 8.42 Å². The van der Waals surface area contributed by atoms with Crippen LogP contribution in [-0.2, 0) is 10.0 Å². The Kier molecular flexibility index (Phi) is 1.99. The molecule has 0 saturated carbocycles. The molecule has 6 heteroatoms. The number of nitrogens with zero attached hydrogens (tertiary/aromatic N) is 3. The van der Waals surface area contributed by atoms with Crippen molar-refractivity contribution in [1.82, 2.24) is 4.98 Å². The van der Waals surface area contributed by atoms with Crippen LogP contribution in [0, 0.1) is 0 Å². The maximum absolute atomic E-state index is 11.4. The summed E-state index contributed by atoms with van der Waals surface area (Å²) in [5, 5.41) is 0.0318. The second kappa shape index (κ2) is 3.06. The number of rotatable bonds is 1. The standard InChI is InChI=1S/C8H9N3O2S/c1-2-11-6-10-14(12,13)8-7(11)4-3-5-9-8/h3-6H,2H2,1H3. The first-order chi connectivity index (χ1) is 6.65. The van der Waals surface area contributed by atoms with Gasteiger partial charge in [-0.05, 0) is 19.1 Å². The van der Waals surface area contributed by atoms with E-state index in [1.807, 2.05) is 6.92 Å². The van der Waals surface area contributed by atoms with Crippen LogP contribution >= 0.6 is 0 Å². The van der Waals surface area contributed by atoms with Gasteiger partial charge in [0.2, 0.25) is 5.03 Å². The summed E-state index contributed by atoms with van der Waals surface area (Å²) in [4.78, 5) is 5.57. The van der Waals surface area contributed by atoms with Crippen LogP contribution in [0.2, 0.25) is 0 Å². The average Bonchev–Trinajstić information content (AvgIpc) is 2.18. The van der Waals surface area contributed by atoms with E-state index in [9.17, 15) is 8.42 Å². The Bertz CT molecular complexity index is 481. The molecule has 0 amide bonds. The van der Waals surface area contributed by atoms with Crippen LogP contribution < -0.4 is 4.90 Å². The second-order valence-electron chi connectivity index (χ2n) is 2.81. The topological polar surface area (TPSA) is 62.6 Å². The predicted molar refractivity (Wildman–Crippen MR) is 52.9 cm³/mol. The molecule has 1 aromatic rings. The van der Waals surface area contributed by atoms with Crippen LogP contribution in [0.4, 0.5) is 5.69 Å². The Morgan fingerprint density at radius 2 is 2.29 bits per heavy atom. The summed E-state index contributed by atoms with van der Waals surface area (Å²) in [5.41, 5.74) is 0.588. The number of fused-ring (bicyclic) bond motifs is 1. The smallest absolute Gasteiger partial charge is 0.303 e. The van der Waals surface area contributed by atoms with Gasteiger partial charge >= 0.3 is 10.0 Å². The molecular weight excluding hydrogens is 202 g/mol. The van der Waals surface area contributed by atoms with Crippen molar-refractivity contribution >= 4 is 22.0 Å². The van der Waals surface area contributed by atoms with Gasteiger partial charge in [-0.3, -0.25) is 0 Å². The molecule has 14 heavy (non-hydrogen) atoms. The molecule has 1 aromatic heterocycles. The fourth-order valence-corrected chi connectivity index (χ4v) is 2.26. The first-order valence-electron chi connectivity index (χ1n) is 4.17. The van der Waals surface area contributed by atoms with E-state index in [-0.39, 0.29) is 5.03 Å². The zero-order valence-corrected chi connectivity index (χ0v) is 8.40. The quantitative estimate of drug-likeness (QED) is 0.683. The van der Waals surface area contributed by atoms with Gasteiger partial charge in [-0.1, -0.05) is 0 Å². The van der Waals surface area contributed by atoms with E-state index in [4.69, 9.17) is 0 Å². The summed E-state index contributed by atoms with van der Waals surface area (Å²) in [6.07, 6.45) is 2.77. The lowest BCUT2D eigenvalue weighted by molar-refractivity contribution is 0.593. The zero-order valence-electron chi connectivity index (χ0n) is 7.58. The molecule has 0 spiro atoms. The first-order valence-corrected chi connectivity index (χ1v) is 5.61. The number of pyridine rings is 1. The fourth-order valence-electron chi connectivity index (χ4n) is 1.28. The van der Waals surface area contributed by atoms with Crippen molar-refractivity contribution in [2.75, 3.05) is 11.4 Å². The molecule has 0 aliphatic carbocycles. The summed E-state index contributed by atoms with van der Waals surface area (Å²) in [6.45, 7) is 2.58. The monoisotopic (exact) mass is 211 g/mol. The van der Waals surface area contributed by atoms with Crippen molar-refractivity contribution < 1.29 is 8.42 Å².